The minimum Gasteiger partial charge on any atom is -0.385 e. The summed E-state index contributed by atoms with van der Waals surface area (Å²) in [7, 11) is 0. The lowest BCUT2D eigenvalue weighted by Crippen LogP contribution is -1.93. The van der Waals surface area contributed by atoms with E-state index in [-0.39, 0.29) is 0 Å². The molecule has 0 saturated carbocycles. The van der Waals surface area contributed by atoms with Crippen molar-refractivity contribution in [1.29, 1.82) is 0 Å². The average Bonchev–Trinajstić information content (AvgIpc) is 2.75. The number of rotatable bonds is 1. The molecule has 0 radical (unpaired) electrons. The van der Waals surface area contributed by atoms with Crippen LogP contribution in [0.2, 0.25) is 0 Å². The van der Waals surface area contributed by atoms with Gasteiger partial charge in [-0.15, -0.1) is 0 Å². The Labute approximate surface area is 107 Å². The van der Waals surface area contributed by atoms with Crippen LogP contribution in [0, 0.1) is 0 Å². The normalized spacial score (nSPS) is 10.9. The molecule has 0 aliphatic rings. The van der Waals surface area contributed by atoms with Crippen LogP contribution in [0.5, 0.6) is 0 Å². The van der Waals surface area contributed by atoms with E-state index in [1.165, 1.54) is 0 Å². The molecule has 84 valence electrons. The van der Waals surface area contributed by atoms with Crippen molar-refractivity contribution in [2.24, 2.45) is 0 Å². The number of hydrogen-bond acceptors (Lipinski definition) is 2. The Balaban J connectivity index is 2.18. The lowest BCUT2D eigenvalue weighted by atomic mass is 10.2. The summed E-state index contributed by atoms with van der Waals surface area (Å²) in [6.45, 7) is 0. The Hall–Kier alpha value is -1.81. The molecular weight excluding hydrogens is 278 g/mol. The third-order valence-corrected chi connectivity index (χ3v) is 3.19. The van der Waals surface area contributed by atoms with Crippen molar-refractivity contribution in [1.82, 2.24) is 9.38 Å². The number of aromatic nitrogens is 2. The molecule has 3 nitrogen and oxygen atoms in total. The highest BCUT2D eigenvalue weighted by Gasteiger charge is 2.05. The maximum absolute atomic E-state index is 5.89. The highest BCUT2D eigenvalue weighted by Crippen LogP contribution is 2.22. The standard InChI is InChI=1S/C13H10BrN3/c14-10-6-4-9(5-7-10)11-8-17-12(15)2-1-3-13(17)16-11/h1-8H,15H2. The fourth-order valence-corrected chi connectivity index (χ4v) is 2.06. The quantitative estimate of drug-likeness (QED) is 0.746. The number of benzene rings is 1. The number of nitrogen functional groups attached to an aromatic ring is 1. The molecule has 0 bridgehead atoms. The summed E-state index contributed by atoms with van der Waals surface area (Å²) in [4.78, 5) is 4.54. The summed E-state index contributed by atoms with van der Waals surface area (Å²) in [6, 6.07) is 13.8. The van der Waals surface area contributed by atoms with E-state index in [0.29, 0.717) is 5.82 Å². The van der Waals surface area contributed by atoms with E-state index in [1.54, 1.807) is 0 Å². The molecule has 0 atom stereocenters. The van der Waals surface area contributed by atoms with Crippen molar-refractivity contribution in [3.8, 4) is 11.3 Å². The number of halogens is 1. The molecule has 3 rings (SSSR count). The minimum atomic E-state index is 0.693. The molecule has 0 unspecified atom stereocenters. The predicted octanol–water partition coefficient (Wildman–Crippen LogP) is 3.35. The molecule has 3 aromatic rings. The molecule has 0 aliphatic heterocycles. The zero-order valence-electron chi connectivity index (χ0n) is 8.97. The van der Waals surface area contributed by atoms with Gasteiger partial charge in [-0.3, -0.25) is 4.40 Å². The average molecular weight is 288 g/mol. The Morgan fingerprint density at radius 2 is 1.82 bits per heavy atom. The number of fused-ring (bicyclic) bond motifs is 1. The highest BCUT2D eigenvalue weighted by atomic mass is 79.9. The van der Waals surface area contributed by atoms with Crippen molar-refractivity contribution < 1.29 is 0 Å². The van der Waals surface area contributed by atoms with Gasteiger partial charge in [-0.2, -0.15) is 0 Å². The molecule has 1 aromatic carbocycles. The zero-order chi connectivity index (χ0) is 11.8. The second-order valence-electron chi connectivity index (χ2n) is 3.81. The van der Waals surface area contributed by atoms with Gasteiger partial charge >= 0.3 is 0 Å². The second kappa shape index (κ2) is 3.89. The molecule has 2 aromatic heterocycles. The van der Waals surface area contributed by atoms with Gasteiger partial charge in [-0.05, 0) is 24.3 Å². The van der Waals surface area contributed by atoms with Crippen LogP contribution >= 0.6 is 15.9 Å². The van der Waals surface area contributed by atoms with E-state index in [0.717, 1.165) is 21.4 Å². The monoisotopic (exact) mass is 287 g/mol. The third-order valence-electron chi connectivity index (χ3n) is 2.66. The number of anilines is 1. The molecule has 0 amide bonds. The van der Waals surface area contributed by atoms with Crippen molar-refractivity contribution in [3.05, 3.63) is 53.1 Å². The Morgan fingerprint density at radius 3 is 2.53 bits per heavy atom. The van der Waals surface area contributed by atoms with E-state index >= 15 is 0 Å². The van der Waals surface area contributed by atoms with Crippen molar-refractivity contribution in [3.63, 3.8) is 0 Å². The van der Waals surface area contributed by atoms with E-state index in [1.807, 2.05) is 53.1 Å². The van der Waals surface area contributed by atoms with Crippen LogP contribution in [0.25, 0.3) is 16.9 Å². The van der Waals surface area contributed by atoms with Crippen LogP contribution in [0.4, 0.5) is 5.82 Å². The number of hydrogen-bond donors (Lipinski definition) is 1. The Kier molecular flexibility index (Phi) is 2.37. The van der Waals surface area contributed by atoms with Crippen molar-refractivity contribution >= 4 is 27.4 Å². The SMILES string of the molecule is Nc1cccc2nc(-c3ccc(Br)cc3)cn12. The van der Waals surface area contributed by atoms with Gasteiger partial charge in [0.1, 0.15) is 11.5 Å². The van der Waals surface area contributed by atoms with E-state index in [9.17, 15) is 0 Å². The molecule has 2 heterocycles. The van der Waals surface area contributed by atoms with Gasteiger partial charge in [0.15, 0.2) is 0 Å². The van der Waals surface area contributed by atoms with Crippen LogP contribution in [0.1, 0.15) is 0 Å². The molecule has 0 fully saturated rings. The number of nitrogens with two attached hydrogens (primary N) is 1. The lowest BCUT2D eigenvalue weighted by molar-refractivity contribution is 1.20. The fourth-order valence-electron chi connectivity index (χ4n) is 1.79. The molecule has 2 N–H and O–H groups in total. The molecule has 0 saturated heterocycles. The zero-order valence-corrected chi connectivity index (χ0v) is 10.6. The molecule has 17 heavy (non-hydrogen) atoms. The van der Waals surface area contributed by atoms with Crippen LogP contribution in [0.15, 0.2) is 53.1 Å². The topological polar surface area (TPSA) is 43.3 Å². The smallest absolute Gasteiger partial charge is 0.139 e. The van der Waals surface area contributed by atoms with Gasteiger partial charge in [-0.25, -0.2) is 4.98 Å². The molecule has 0 spiro atoms. The van der Waals surface area contributed by atoms with Gasteiger partial charge in [0.25, 0.3) is 0 Å². The van der Waals surface area contributed by atoms with Crippen LogP contribution in [0.3, 0.4) is 0 Å². The number of nitrogens with zero attached hydrogens (tertiary/aromatic N) is 2. The summed E-state index contributed by atoms with van der Waals surface area (Å²) < 4.78 is 2.95. The molecule has 0 aliphatic carbocycles. The van der Waals surface area contributed by atoms with Crippen molar-refractivity contribution in [2.45, 2.75) is 0 Å². The van der Waals surface area contributed by atoms with Crippen molar-refractivity contribution in [2.75, 3.05) is 5.73 Å². The first-order valence-corrected chi connectivity index (χ1v) is 6.03. The largest absolute Gasteiger partial charge is 0.385 e. The fraction of sp³-hybridized carbons (Fsp3) is 0. The maximum atomic E-state index is 5.89. The molecular formula is C13H10BrN3. The third kappa shape index (κ3) is 1.80. The Bertz CT molecular complexity index is 671. The summed E-state index contributed by atoms with van der Waals surface area (Å²) in [5.74, 6) is 0.693. The van der Waals surface area contributed by atoms with Gasteiger partial charge in [0.2, 0.25) is 0 Å². The van der Waals surface area contributed by atoms with Crippen LogP contribution < -0.4 is 5.73 Å². The number of pyridine rings is 1. The van der Waals surface area contributed by atoms with Gasteiger partial charge in [-0.1, -0.05) is 34.1 Å². The summed E-state index contributed by atoms with van der Waals surface area (Å²) in [5.41, 5.74) is 8.76. The summed E-state index contributed by atoms with van der Waals surface area (Å²) in [6.07, 6.45) is 1.95. The van der Waals surface area contributed by atoms with Gasteiger partial charge < -0.3 is 5.73 Å². The van der Waals surface area contributed by atoms with Gasteiger partial charge in [0, 0.05) is 16.2 Å². The predicted molar refractivity (Wildman–Crippen MR) is 72.7 cm³/mol. The Morgan fingerprint density at radius 1 is 1.06 bits per heavy atom. The van der Waals surface area contributed by atoms with Gasteiger partial charge in [0.05, 0.1) is 5.69 Å². The maximum Gasteiger partial charge on any atom is 0.139 e. The van der Waals surface area contributed by atoms with Crippen LogP contribution in [-0.2, 0) is 0 Å². The highest BCUT2D eigenvalue weighted by molar-refractivity contribution is 9.10. The summed E-state index contributed by atoms with van der Waals surface area (Å²) in [5, 5.41) is 0. The summed E-state index contributed by atoms with van der Waals surface area (Å²) >= 11 is 3.42. The first kappa shape index (κ1) is 10.4. The first-order chi connectivity index (χ1) is 8.24. The van der Waals surface area contributed by atoms with E-state index < -0.39 is 0 Å². The van der Waals surface area contributed by atoms with E-state index in [4.69, 9.17) is 5.73 Å². The second-order valence-corrected chi connectivity index (χ2v) is 4.73. The number of imidazole rings is 1. The van der Waals surface area contributed by atoms with E-state index in [2.05, 4.69) is 20.9 Å². The minimum absolute atomic E-state index is 0.693. The lowest BCUT2D eigenvalue weighted by Gasteiger charge is -1.96. The molecule has 4 heteroatoms. The van der Waals surface area contributed by atoms with Crippen LogP contribution in [-0.4, -0.2) is 9.38 Å². The first-order valence-electron chi connectivity index (χ1n) is 5.23.